The molecular formula is C14H18N2O2S. The average molecular weight is 278 g/mol. The molecule has 1 N–H and O–H groups in total. The molecule has 102 valence electrons. The number of nitrogens with one attached hydrogen (secondary N) is 1. The van der Waals surface area contributed by atoms with Gasteiger partial charge in [0, 0.05) is 5.41 Å². The van der Waals surface area contributed by atoms with E-state index >= 15 is 0 Å². The zero-order valence-corrected chi connectivity index (χ0v) is 12.4. The lowest BCUT2D eigenvalue weighted by molar-refractivity contribution is 0.0901. The van der Waals surface area contributed by atoms with Crippen LogP contribution < -0.4 is 5.32 Å². The van der Waals surface area contributed by atoms with Gasteiger partial charge < -0.3 is 9.73 Å². The monoisotopic (exact) mass is 278 g/mol. The van der Waals surface area contributed by atoms with Crippen molar-refractivity contribution in [2.24, 2.45) is 0 Å². The minimum Gasteiger partial charge on any atom is -0.437 e. The van der Waals surface area contributed by atoms with Crippen LogP contribution in [0.3, 0.4) is 0 Å². The Bertz CT molecular complexity index is 552. The summed E-state index contributed by atoms with van der Waals surface area (Å²) in [6, 6.07) is 1.94. The molecule has 2 aromatic rings. The third-order valence-electron chi connectivity index (χ3n) is 2.83. The Morgan fingerprint density at radius 2 is 2.21 bits per heavy atom. The number of nitrogens with zero attached hydrogens (tertiary/aromatic N) is 1. The van der Waals surface area contributed by atoms with E-state index in [9.17, 15) is 4.79 Å². The predicted molar refractivity (Wildman–Crippen MR) is 75.4 cm³/mol. The van der Waals surface area contributed by atoms with Crippen LogP contribution in [0.2, 0.25) is 0 Å². The second kappa shape index (κ2) is 5.17. The van der Waals surface area contributed by atoms with Crippen LogP contribution in [0.4, 0.5) is 0 Å². The molecule has 4 nitrogen and oxygen atoms in total. The van der Waals surface area contributed by atoms with Gasteiger partial charge in [-0.2, -0.15) is 11.3 Å². The van der Waals surface area contributed by atoms with Gasteiger partial charge in [-0.05, 0) is 29.3 Å². The summed E-state index contributed by atoms with van der Waals surface area (Å²) in [5, 5.41) is 6.88. The van der Waals surface area contributed by atoms with Gasteiger partial charge in [-0.3, -0.25) is 4.79 Å². The van der Waals surface area contributed by atoms with E-state index in [1.54, 1.807) is 17.5 Å². The Morgan fingerprint density at radius 3 is 2.74 bits per heavy atom. The average Bonchev–Trinajstić information content (AvgIpc) is 3.00. The van der Waals surface area contributed by atoms with Crippen LogP contribution in [0, 0.1) is 0 Å². The van der Waals surface area contributed by atoms with E-state index in [4.69, 9.17) is 4.42 Å². The second-order valence-corrected chi connectivity index (χ2v) is 6.31. The first-order valence-electron chi connectivity index (χ1n) is 6.17. The highest BCUT2D eigenvalue weighted by atomic mass is 32.1. The van der Waals surface area contributed by atoms with Gasteiger partial charge in [0.15, 0.2) is 0 Å². The molecule has 5 heteroatoms. The summed E-state index contributed by atoms with van der Waals surface area (Å²) in [5.41, 5.74) is 0.936. The minimum absolute atomic E-state index is 0.0521. The fourth-order valence-corrected chi connectivity index (χ4v) is 2.34. The Hall–Kier alpha value is -1.62. The number of carbonyl (C=O) groups excluding carboxylic acids is 1. The van der Waals surface area contributed by atoms with E-state index in [1.165, 1.54) is 0 Å². The maximum absolute atomic E-state index is 12.0. The Kier molecular flexibility index (Phi) is 3.75. The summed E-state index contributed by atoms with van der Waals surface area (Å²) >= 11 is 1.61. The smallest absolute Gasteiger partial charge is 0.307 e. The van der Waals surface area contributed by atoms with Crippen molar-refractivity contribution in [2.75, 3.05) is 0 Å². The van der Waals surface area contributed by atoms with Crippen molar-refractivity contribution in [1.82, 2.24) is 10.3 Å². The largest absolute Gasteiger partial charge is 0.437 e. The first kappa shape index (κ1) is 13.8. The lowest BCUT2D eigenvalue weighted by atomic mass is 9.94. The van der Waals surface area contributed by atoms with E-state index in [-0.39, 0.29) is 23.3 Å². The minimum atomic E-state index is -0.283. The molecule has 0 aromatic carbocycles. The summed E-state index contributed by atoms with van der Waals surface area (Å²) in [5.74, 6) is 0.544. The summed E-state index contributed by atoms with van der Waals surface area (Å²) < 4.78 is 5.51. The fraction of sp³-hybridized carbons (Fsp3) is 0.429. The van der Waals surface area contributed by atoms with Gasteiger partial charge in [-0.25, -0.2) is 4.98 Å². The molecule has 0 spiro atoms. The SMILES string of the molecule is C[C@@H](NC(=O)c1ncc(C(C)(C)C)o1)c1ccsc1. The molecule has 0 saturated heterocycles. The lowest BCUT2D eigenvalue weighted by Crippen LogP contribution is -2.26. The van der Waals surface area contributed by atoms with Gasteiger partial charge in [0.2, 0.25) is 0 Å². The number of amides is 1. The number of hydrogen-bond acceptors (Lipinski definition) is 4. The highest BCUT2D eigenvalue weighted by molar-refractivity contribution is 7.07. The van der Waals surface area contributed by atoms with Crippen molar-refractivity contribution in [3.8, 4) is 0 Å². The molecule has 0 aliphatic carbocycles. The number of carbonyl (C=O) groups is 1. The fourth-order valence-electron chi connectivity index (χ4n) is 1.59. The van der Waals surface area contributed by atoms with Gasteiger partial charge in [0.05, 0.1) is 12.2 Å². The van der Waals surface area contributed by atoms with E-state index in [1.807, 2.05) is 44.5 Å². The van der Waals surface area contributed by atoms with E-state index in [0.29, 0.717) is 5.76 Å². The Balaban J connectivity index is 2.06. The van der Waals surface area contributed by atoms with Crippen LogP contribution in [0.15, 0.2) is 27.4 Å². The molecule has 2 rings (SSSR count). The van der Waals surface area contributed by atoms with Crippen molar-refractivity contribution in [2.45, 2.75) is 39.2 Å². The number of oxazole rings is 1. The number of thiophene rings is 1. The quantitative estimate of drug-likeness (QED) is 0.934. The maximum Gasteiger partial charge on any atom is 0.307 e. The van der Waals surface area contributed by atoms with Crippen LogP contribution >= 0.6 is 11.3 Å². The van der Waals surface area contributed by atoms with Crippen molar-refractivity contribution >= 4 is 17.2 Å². The van der Waals surface area contributed by atoms with E-state index in [2.05, 4.69) is 10.3 Å². The molecule has 0 unspecified atom stereocenters. The van der Waals surface area contributed by atoms with Crippen molar-refractivity contribution in [3.05, 3.63) is 40.2 Å². The topological polar surface area (TPSA) is 55.1 Å². The van der Waals surface area contributed by atoms with Gasteiger partial charge in [0.25, 0.3) is 5.89 Å². The van der Waals surface area contributed by atoms with Crippen LogP contribution in [0.5, 0.6) is 0 Å². The molecular weight excluding hydrogens is 260 g/mol. The zero-order chi connectivity index (χ0) is 14.0. The number of aromatic nitrogens is 1. The first-order valence-corrected chi connectivity index (χ1v) is 7.11. The summed E-state index contributed by atoms with van der Waals surface area (Å²) in [7, 11) is 0. The highest BCUT2D eigenvalue weighted by Crippen LogP contribution is 2.23. The molecule has 1 amide bonds. The second-order valence-electron chi connectivity index (χ2n) is 5.53. The summed E-state index contributed by atoms with van der Waals surface area (Å²) in [6.45, 7) is 7.99. The van der Waals surface area contributed by atoms with Gasteiger partial charge in [-0.1, -0.05) is 20.8 Å². The standard InChI is InChI=1S/C14H18N2O2S/c1-9(10-5-6-19-8-10)16-12(17)13-15-7-11(18-13)14(2,3)4/h5-9H,1-4H3,(H,16,17)/t9-/m1/s1. The number of hydrogen-bond donors (Lipinski definition) is 1. The predicted octanol–water partition coefficient (Wildman–Crippen LogP) is 3.52. The van der Waals surface area contributed by atoms with Crippen molar-refractivity contribution in [3.63, 3.8) is 0 Å². The molecule has 0 radical (unpaired) electrons. The summed E-state index contributed by atoms with van der Waals surface area (Å²) in [4.78, 5) is 16.1. The van der Waals surface area contributed by atoms with E-state index in [0.717, 1.165) is 5.56 Å². The molecule has 19 heavy (non-hydrogen) atoms. The van der Waals surface area contributed by atoms with Crippen molar-refractivity contribution < 1.29 is 9.21 Å². The third kappa shape index (κ3) is 3.23. The van der Waals surface area contributed by atoms with Crippen LogP contribution in [-0.4, -0.2) is 10.9 Å². The van der Waals surface area contributed by atoms with E-state index < -0.39 is 0 Å². The Morgan fingerprint density at radius 1 is 1.47 bits per heavy atom. The first-order chi connectivity index (χ1) is 8.88. The molecule has 0 aliphatic heterocycles. The molecule has 0 saturated carbocycles. The van der Waals surface area contributed by atoms with Gasteiger partial charge in [0.1, 0.15) is 5.76 Å². The maximum atomic E-state index is 12.0. The van der Waals surface area contributed by atoms with Crippen molar-refractivity contribution in [1.29, 1.82) is 0 Å². The third-order valence-corrected chi connectivity index (χ3v) is 3.53. The molecule has 0 fully saturated rings. The zero-order valence-electron chi connectivity index (χ0n) is 11.6. The molecule has 2 aromatic heterocycles. The molecule has 0 bridgehead atoms. The highest BCUT2D eigenvalue weighted by Gasteiger charge is 2.22. The van der Waals surface area contributed by atoms with Crippen LogP contribution in [0.25, 0.3) is 0 Å². The van der Waals surface area contributed by atoms with Crippen LogP contribution in [-0.2, 0) is 5.41 Å². The lowest BCUT2D eigenvalue weighted by Gasteiger charge is -2.13. The molecule has 2 heterocycles. The van der Waals surface area contributed by atoms with Gasteiger partial charge in [-0.15, -0.1) is 0 Å². The molecule has 0 aliphatic rings. The normalized spacial score (nSPS) is 13.3. The van der Waals surface area contributed by atoms with Crippen LogP contribution in [0.1, 0.15) is 55.7 Å². The van der Waals surface area contributed by atoms with Gasteiger partial charge >= 0.3 is 5.91 Å². The number of rotatable bonds is 3. The summed E-state index contributed by atoms with van der Waals surface area (Å²) in [6.07, 6.45) is 1.62. The Labute approximate surface area is 116 Å². The molecule has 1 atom stereocenters.